The summed E-state index contributed by atoms with van der Waals surface area (Å²) in [6.45, 7) is 3.87. The van der Waals surface area contributed by atoms with Gasteiger partial charge >= 0.3 is 7.60 Å². The van der Waals surface area contributed by atoms with Crippen LogP contribution in [0.5, 0.6) is 0 Å². The van der Waals surface area contributed by atoms with Crippen LogP contribution in [0.3, 0.4) is 0 Å². The molecule has 0 aliphatic rings. The summed E-state index contributed by atoms with van der Waals surface area (Å²) in [5.41, 5.74) is 0.643. The van der Waals surface area contributed by atoms with Gasteiger partial charge in [-0.2, -0.15) is 0 Å². The Labute approximate surface area is 131 Å². The maximum atomic E-state index is 12.2. The molecule has 1 aromatic rings. The van der Waals surface area contributed by atoms with Gasteiger partial charge in [0.1, 0.15) is 11.9 Å². The van der Waals surface area contributed by atoms with E-state index >= 15 is 0 Å². The zero-order chi connectivity index (χ0) is 16.4. The summed E-state index contributed by atoms with van der Waals surface area (Å²) in [6, 6.07) is 8.96. The number of ketones is 2. The van der Waals surface area contributed by atoms with Crippen LogP contribution in [0.15, 0.2) is 30.3 Å². The highest BCUT2D eigenvalue weighted by Crippen LogP contribution is 2.48. The fourth-order valence-electron chi connectivity index (χ4n) is 2.03. The average Bonchev–Trinajstić information content (AvgIpc) is 2.48. The number of carbonyl (C=O) groups excluding carboxylic acids is 2. The molecular formula is C16H23O5P. The Morgan fingerprint density at radius 2 is 1.59 bits per heavy atom. The molecule has 0 amide bonds. The number of Topliss-reactive ketones (excluding diaryl/α,β-unsaturated/α-hetero) is 2. The highest BCUT2D eigenvalue weighted by Gasteiger charge is 2.27. The van der Waals surface area contributed by atoms with Crippen molar-refractivity contribution in [1.82, 2.24) is 0 Å². The molecule has 0 atom stereocenters. The summed E-state index contributed by atoms with van der Waals surface area (Å²) in [7, 11) is -3.33. The molecule has 0 unspecified atom stereocenters. The first-order chi connectivity index (χ1) is 10.5. The molecule has 0 spiro atoms. The number of rotatable bonds is 11. The molecule has 0 fully saturated rings. The molecule has 0 saturated carbocycles. The number of hydrogen-bond donors (Lipinski definition) is 0. The zero-order valence-corrected chi connectivity index (χ0v) is 14.0. The lowest BCUT2D eigenvalue weighted by molar-refractivity contribution is -0.117. The molecule has 0 bridgehead atoms. The molecular weight excluding hydrogens is 303 g/mol. The van der Waals surface area contributed by atoms with E-state index < -0.39 is 7.60 Å². The van der Waals surface area contributed by atoms with E-state index in [1.165, 1.54) is 0 Å². The van der Waals surface area contributed by atoms with Gasteiger partial charge in [-0.05, 0) is 20.3 Å². The van der Waals surface area contributed by atoms with Crippen molar-refractivity contribution < 1.29 is 23.2 Å². The molecule has 0 aliphatic carbocycles. The Morgan fingerprint density at radius 1 is 1.00 bits per heavy atom. The minimum Gasteiger partial charge on any atom is -0.309 e. The van der Waals surface area contributed by atoms with Gasteiger partial charge in [-0.15, -0.1) is 0 Å². The van der Waals surface area contributed by atoms with Crippen LogP contribution in [-0.2, 0) is 18.4 Å². The molecule has 22 heavy (non-hydrogen) atoms. The van der Waals surface area contributed by atoms with E-state index in [1.54, 1.807) is 38.1 Å². The molecule has 0 aromatic heterocycles. The molecule has 0 radical (unpaired) electrons. The van der Waals surface area contributed by atoms with E-state index in [4.69, 9.17) is 9.05 Å². The summed E-state index contributed by atoms with van der Waals surface area (Å²) in [5.74, 6) is -0.197. The van der Waals surface area contributed by atoms with Gasteiger partial charge in [0.15, 0.2) is 5.78 Å². The van der Waals surface area contributed by atoms with Crippen LogP contribution in [-0.4, -0.2) is 30.9 Å². The van der Waals surface area contributed by atoms with E-state index in [0.29, 0.717) is 18.4 Å². The first-order valence-corrected chi connectivity index (χ1v) is 9.21. The van der Waals surface area contributed by atoms with Gasteiger partial charge in [0.05, 0.1) is 13.2 Å². The van der Waals surface area contributed by atoms with E-state index in [2.05, 4.69) is 0 Å². The third kappa shape index (κ3) is 6.65. The first kappa shape index (κ1) is 18.8. The number of hydrogen-bond acceptors (Lipinski definition) is 5. The van der Waals surface area contributed by atoms with Crippen LogP contribution in [0.1, 0.15) is 43.5 Å². The lowest BCUT2D eigenvalue weighted by Crippen LogP contribution is -2.10. The molecule has 0 heterocycles. The minimum absolute atomic E-state index is 0.00574. The van der Waals surface area contributed by atoms with Crippen molar-refractivity contribution >= 4 is 19.2 Å². The van der Waals surface area contributed by atoms with Gasteiger partial charge in [-0.3, -0.25) is 14.2 Å². The van der Waals surface area contributed by atoms with Crippen molar-refractivity contribution in [2.45, 2.75) is 33.1 Å². The molecule has 0 saturated heterocycles. The van der Waals surface area contributed by atoms with Gasteiger partial charge in [-0.1, -0.05) is 30.3 Å². The second-order valence-corrected chi connectivity index (χ2v) is 6.84. The molecule has 0 aliphatic heterocycles. The molecule has 6 heteroatoms. The van der Waals surface area contributed by atoms with Crippen LogP contribution >= 0.6 is 7.60 Å². The maximum absolute atomic E-state index is 12.2. The fourth-order valence-corrected chi connectivity index (χ4v) is 3.67. The molecule has 1 aromatic carbocycles. The van der Waals surface area contributed by atoms with Crippen molar-refractivity contribution in [3.05, 3.63) is 35.9 Å². The summed E-state index contributed by atoms with van der Waals surface area (Å²) >= 11 is 0. The third-order valence-electron chi connectivity index (χ3n) is 2.98. The van der Waals surface area contributed by atoms with Crippen molar-refractivity contribution in [3.63, 3.8) is 0 Å². The Kier molecular flexibility index (Phi) is 8.25. The maximum Gasteiger partial charge on any atom is 0.338 e. The smallest absolute Gasteiger partial charge is 0.309 e. The van der Waals surface area contributed by atoms with Crippen molar-refractivity contribution in [2.75, 3.05) is 19.4 Å². The van der Waals surface area contributed by atoms with Crippen molar-refractivity contribution in [2.24, 2.45) is 0 Å². The Balaban J connectivity index is 2.39. The Morgan fingerprint density at radius 3 is 2.14 bits per heavy atom. The van der Waals surface area contributed by atoms with Gasteiger partial charge in [-0.25, -0.2) is 0 Å². The van der Waals surface area contributed by atoms with E-state index in [1.807, 2.05) is 6.07 Å². The SMILES string of the molecule is CCOP(=O)(CC(=O)CCCC(=O)c1ccccc1)OCC. The van der Waals surface area contributed by atoms with Crippen LogP contribution in [0.4, 0.5) is 0 Å². The lowest BCUT2D eigenvalue weighted by Gasteiger charge is -2.15. The summed E-state index contributed by atoms with van der Waals surface area (Å²) in [5, 5.41) is 0. The van der Waals surface area contributed by atoms with E-state index in [-0.39, 0.29) is 37.4 Å². The topological polar surface area (TPSA) is 69.7 Å². The standard InChI is InChI=1S/C16H23O5P/c1-3-20-22(19,21-4-2)13-15(17)11-8-12-16(18)14-9-6-5-7-10-14/h5-7,9-10H,3-4,8,11-13H2,1-2H3. The van der Waals surface area contributed by atoms with Crippen LogP contribution in [0.25, 0.3) is 0 Å². The zero-order valence-electron chi connectivity index (χ0n) is 13.1. The second kappa shape index (κ2) is 9.67. The highest BCUT2D eigenvalue weighted by atomic mass is 31.2. The van der Waals surface area contributed by atoms with Crippen LogP contribution < -0.4 is 0 Å². The van der Waals surface area contributed by atoms with Gasteiger partial charge in [0.2, 0.25) is 0 Å². The Hall–Kier alpha value is -1.29. The molecule has 122 valence electrons. The minimum atomic E-state index is -3.33. The average molecular weight is 326 g/mol. The monoisotopic (exact) mass is 326 g/mol. The molecule has 0 N–H and O–H groups in total. The molecule has 5 nitrogen and oxygen atoms in total. The predicted octanol–water partition coefficient (Wildman–Crippen LogP) is 3.87. The van der Waals surface area contributed by atoms with Crippen LogP contribution in [0, 0.1) is 0 Å². The Bertz CT molecular complexity index is 517. The molecule has 1 rings (SSSR count). The number of carbonyl (C=O) groups is 2. The van der Waals surface area contributed by atoms with Gasteiger partial charge < -0.3 is 9.05 Å². The fraction of sp³-hybridized carbons (Fsp3) is 0.500. The second-order valence-electron chi connectivity index (χ2n) is 4.79. The normalized spacial score (nSPS) is 11.4. The van der Waals surface area contributed by atoms with Crippen molar-refractivity contribution in [1.29, 1.82) is 0 Å². The third-order valence-corrected chi connectivity index (χ3v) is 5.02. The van der Waals surface area contributed by atoms with E-state index in [0.717, 1.165) is 0 Å². The first-order valence-electron chi connectivity index (χ1n) is 7.49. The van der Waals surface area contributed by atoms with Gasteiger partial charge in [0, 0.05) is 18.4 Å². The van der Waals surface area contributed by atoms with E-state index in [9.17, 15) is 14.2 Å². The van der Waals surface area contributed by atoms with Crippen molar-refractivity contribution in [3.8, 4) is 0 Å². The van der Waals surface area contributed by atoms with Gasteiger partial charge in [0.25, 0.3) is 0 Å². The summed E-state index contributed by atoms with van der Waals surface area (Å²) in [6.07, 6.45) is 0.699. The lowest BCUT2D eigenvalue weighted by atomic mass is 10.0. The highest BCUT2D eigenvalue weighted by molar-refractivity contribution is 7.54. The number of benzene rings is 1. The summed E-state index contributed by atoms with van der Waals surface area (Å²) < 4.78 is 22.4. The summed E-state index contributed by atoms with van der Waals surface area (Å²) in [4.78, 5) is 23.8. The predicted molar refractivity (Wildman–Crippen MR) is 85.4 cm³/mol. The largest absolute Gasteiger partial charge is 0.338 e. The quantitative estimate of drug-likeness (QED) is 0.456. The van der Waals surface area contributed by atoms with Crippen LogP contribution in [0.2, 0.25) is 0 Å².